The molecule has 1 amide bonds. The number of nitrogens with two attached hydrogens (primary N) is 1. The van der Waals surface area contributed by atoms with Gasteiger partial charge in [-0.25, -0.2) is 0 Å². The van der Waals surface area contributed by atoms with Crippen LogP contribution in [-0.2, 0) is 26.2 Å². The largest absolute Gasteiger partial charge is 0.481 e. The quantitative estimate of drug-likeness (QED) is 0.331. The maximum atomic E-state index is 14.6. The van der Waals surface area contributed by atoms with Crippen LogP contribution >= 0.6 is 12.4 Å². The first-order valence-electron chi connectivity index (χ1n) is 13.8. The van der Waals surface area contributed by atoms with Crippen LogP contribution in [-0.4, -0.2) is 47.4 Å². The zero-order valence-electron chi connectivity index (χ0n) is 22.9. The number of fused-ring (bicyclic) bond motifs is 2. The van der Waals surface area contributed by atoms with Crippen molar-refractivity contribution in [1.82, 2.24) is 10.6 Å². The molecular formula is C31H42ClN3O4. The third-order valence-electron chi connectivity index (χ3n) is 8.40. The van der Waals surface area contributed by atoms with Gasteiger partial charge in [0.15, 0.2) is 5.78 Å². The van der Waals surface area contributed by atoms with Crippen LogP contribution in [0.25, 0.3) is 0 Å². The van der Waals surface area contributed by atoms with Gasteiger partial charge in [-0.2, -0.15) is 0 Å². The predicted molar refractivity (Wildman–Crippen MR) is 155 cm³/mol. The number of carboxylic acids is 1. The second-order valence-corrected chi connectivity index (χ2v) is 11.5. The van der Waals surface area contributed by atoms with Crippen LogP contribution in [0, 0.1) is 5.92 Å². The lowest BCUT2D eigenvalue weighted by molar-refractivity contribution is -0.138. The van der Waals surface area contributed by atoms with Crippen LogP contribution in [0.1, 0.15) is 75.0 Å². The Balaban J connectivity index is 0.00000420. The summed E-state index contributed by atoms with van der Waals surface area (Å²) >= 11 is 0. The van der Waals surface area contributed by atoms with Crippen LogP contribution < -0.4 is 16.4 Å². The van der Waals surface area contributed by atoms with E-state index in [0.717, 1.165) is 44.3 Å². The Kier molecular flexibility index (Phi) is 10.3. The van der Waals surface area contributed by atoms with E-state index in [1.807, 2.05) is 30.3 Å². The number of aliphatic carboxylic acids is 1. The van der Waals surface area contributed by atoms with Gasteiger partial charge in [0, 0.05) is 17.8 Å². The lowest BCUT2D eigenvalue weighted by Crippen LogP contribution is -2.57. The second kappa shape index (κ2) is 13.1. The van der Waals surface area contributed by atoms with Gasteiger partial charge in [0.05, 0.1) is 11.6 Å². The molecule has 2 aromatic rings. The van der Waals surface area contributed by atoms with E-state index >= 15 is 0 Å². The molecule has 0 aromatic heterocycles. The highest BCUT2D eigenvalue weighted by Crippen LogP contribution is 2.57. The maximum absolute atomic E-state index is 14.6. The van der Waals surface area contributed by atoms with Gasteiger partial charge in [0.2, 0.25) is 5.91 Å². The number of amides is 1. The number of halogens is 1. The fourth-order valence-corrected chi connectivity index (χ4v) is 6.53. The van der Waals surface area contributed by atoms with Crippen molar-refractivity contribution in [2.24, 2.45) is 11.7 Å². The fraction of sp³-hybridized carbons (Fsp3) is 0.516. The van der Waals surface area contributed by atoms with Gasteiger partial charge in [-0.05, 0) is 88.1 Å². The lowest BCUT2D eigenvalue weighted by Gasteiger charge is -2.42. The third kappa shape index (κ3) is 6.89. The summed E-state index contributed by atoms with van der Waals surface area (Å²) in [6.45, 7) is 4.88. The Hall–Kier alpha value is -2.74. The van der Waals surface area contributed by atoms with E-state index in [1.54, 1.807) is 13.8 Å². The first kappa shape index (κ1) is 30.8. The number of nitrogens with one attached hydrogen (secondary N) is 2. The van der Waals surface area contributed by atoms with Gasteiger partial charge in [-0.15, -0.1) is 12.4 Å². The fourth-order valence-electron chi connectivity index (χ4n) is 6.53. The topological polar surface area (TPSA) is 122 Å². The Morgan fingerprint density at radius 2 is 1.72 bits per heavy atom. The van der Waals surface area contributed by atoms with Crippen LogP contribution in [0.15, 0.2) is 54.6 Å². The van der Waals surface area contributed by atoms with E-state index in [0.29, 0.717) is 12.8 Å². The average Bonchev–Trinajstić information content (AvgIpc) is 3.15. The van der Waals surface area contributed by atoms with Crippen LogP contribution in [0.2, 0.25) is 0 Å². The smallest absolute Gasteiger partial charge is 0.303 e. The third-order valence-corrected chi connectivity index (χ3v) is 8.40. The van der Waals surface area contributed by atoms with Crippen molar-refractivity contribution < 1.29 is 19.5 Å². The van der Waals surface area contributed by atoms with Crippen molar-refractivity contribution in [1.29, 1.82) is 0 Å². The van der Waals surface area contributed by atoms with Gasteiger partial charge >= 0.3 is 5.97 Å². The molecule has 0 bridgehead atoms. The van der Waals surface area contributed by atoms with E-state index in [-0.39, 0.29) is 41.9 Å². The molecule has 1 fully saturated rings. The number of carbonyl (C=O) groups is 3. The zero-order valence-corrected chi connectivity index (χ0v) is 23.8. The molecule has 7 nitrogen and oxygen atoms in total. The Bertz CT molecular complexity index is 1140. The summed E-state index contributed by atoms with van der Waals surface area (Å²) < 4.78 is 0. The van der Waals surface area contributed by atoms with Crippen molar-refractivity contribution in [2.75, 3.05) is 13.1 Å². The van der Waals surface area contributed by atoms with Crippen LogP contribution in [0.3, 0.4) is 0 Å². The van der Waals surface area contributed by atoms with Crippen molar-refractivity contribution in [3.63, 3.8) is 0 Å². The van der Waals surface area contributed by atoms with E-state index in [9.17, 15) is 19.5 Å². The summed E-state index contributed by atoms with van der Waals surface area (Å²) in [5.74, 6) is -1.81. The van der Waals surface area contributed by atoms with Gasteiger partial charge in [0.1, 0.15) is 0 Å². The highest BCUT2D eigenvalue weighted by Gasteiger charge is 2.56. The number of Topliss-reactive ketones (excluding diaryl/α,β-unsaturated/α-hetero) is 1. The molecule has 3 atom stereocenters. The van der Waals surface area contributed by atoms with Gasteiger partial charge < -0.3 is 21.5 Å². The first-order valence-corrected chi connectivity index (χ1v) is 13.8. The molecule has 2 aromatic carbocycles. The Morgan fingerprint density at radius 1 is 1.08 bits per heavy atom. The molecule has 1 aliphatic heterocycles. The molecule has 1 spiro atoms. The highest BCUT2D eigenvalue weighted by molar-refractivity contribution is 5.95. The SMILES string of the molecule is CC(C)(N)C(=O)N[C@H](CCCc1ccccc1)C(=O)C1C(CCC(=O)O)c2ccccc2C12CCNCC2.Cl. The molecule has 2 aliphatic rings. The van der Waals surface area contributed by atoms with Crippen molar-refractivity contribution in [3.8, 4) is 0 Å². The Labute approximate surface area is 237 Å². The highest BCUT2D eigenvalue weighted by atomic mass is 35.5. The minimum atomic E-state index is -1.12. The van der Waals surface area contributed by atoms with E-state index in [4.69, 9.17) is 5.73 Å². The number of aryl methyl sites for hydroxylation is 1. The van der Waals surface area contributed by atoms with Gasteiger partial charge in [-0.3, -0.25) is 14.4 Å². The average molecular weight is 556 g/mol. The molecule has 39 heavy (non-hydrogen) atoms. The molecule has 1 saturated heterocycles. The molecule has 0 radical (unpaired) electrons. The number of benzene rings is 2. The standard InChI is InChI=1S/C31H41N3O4.ClH/c1-30(2,32)29(38)34-25(14-8-11-21-9-4-3-5-10-21)28(37)27-23(15-16-26(35)36)22-12-6-7-13-24(22)31(27)17-19-33-20-18-31;/h3-7,9-10,12-13,23,25,27,33H,8,11,14-20,32H2,1-2H3,(H,34,38)(H,35,36);1H/t23?,25-,27?;/m1./s1. The molecular weight excluding hydrogens is 514 g/mol. The van der Waals surface area contributed by atoms with Crippen LogP contribution in [0.5, 0.6) is 0 Å². The summed E-state index contributed by atoms with van der Waals surface area (Å²) in [6.07, 6.45) is 4.04. The number of ketones is 1. The van der Waals surface area contributed by atoms with E-state index in [1.165, 1.54) is 11.1 Å². The van der Waals surface area contributed by atoms with E-state index in [2.05, 4.69) is 34.9 Å². The van der Waals surface area contributed by atoms with Crippen molar-refractivity contribution in [3.05, 3.63) is 71.3 Å². The number of carbonyl (C=O) groups excluding carboxylic acids is 2. The molecule has 4 rings (SSSR count). The molecule has 1 aliphatic carbocycles. The second-order valence-electron chi connectivity index (χ2n) is 11.5. The number of hydrogen-bond donors (Lipinski definition) is 4. The van der Waals surface area contributed by atoms with Gasteiger partial charge in [-0.1, -0.05) is 54.6 Å². The summed E-state index contributed by atoms with van der Waals surface area (Å²) in [5, 5.41) is 16.0. The Morgan fingerprint density at radius 3 is 2.36 bits per heavy atom. The summed E-state index contributed by atoms with van der Waals surface area (Å²) in [4.78, 5) is 39.3. The number of carboxylic acid groups (broad SMARTS) is 1. The number of rotatable bonds is 11. The molecule has 1 heterocycles. The monoisotopic (exact) mass is 555 g/mol. The lowest BCUT2D eigenvalue weighted by atomic mass is 9.63. The van der Waals surface area contributed by atoms with Gasteiger partial charge in [0.25, 0.3) is 0 Å². The molecule has 2 unspecified atom stereocenters. The summed E-state index contributed by atoms with van der Waals surface area (Å²) in [6, 6.07) is 17.6. The first-order chi connectivity index (χ1) is 18.1. The van der Waals surface area contributed by atoms with Crippen LogP contribution in [0.4, 0.5) is 0 Å². The molecule has 212 valence electrons. The summed E-state index contributed by atoms with van der Waals surface area (Å²) in [5.41, 5.74) is 8.07. The van der Waals surface area contributed by atoms with E-state index < -0.39 is 23.5 Å². The number of piperidine rings is 1. The zero-order chi connectivity index (χ0) is 27.3. The predicted octanol–water partition coefficient (Wildman–Crippen LogP) is 4.12. The minimum Gasteiger partial charge on any atom is -0.481 e. The summed E-state index contributed by atoms with van der Waals surface area (Å²) in [7, 11) is 0. The van der Waals surface area contributed by atoms with Crippen molar-refractivity contribution in [2.45, 2.75) is 81.7 Å². The molecule has 5 N–H and O–H groups in total. The molecule has 8 heteroatoms. The number of hydrogen-bond acceptors (Lipinski definition) is 5. The normalized spacial score (nSPS) is 20.5. The maximum Gasteiger partial charge on any atom is 0.303 e. The molecule has 0 saturated carbocycles. The van der Waals surface area contributed by atoms with Crippen molar-refractivity contribution >= 4 is 30.1 Å². The minimum absolute atomic E-state index is 0.